The Morgan fingerprint density at radius 2 is 1.80 bits per heavy atom. The second-order valence-electron chi connectivity index (χ2n) is 6.00. The van der Waals surface area contributed by atoms with Gasteiger partial charge in [-0.25, -0.2) is 8.42 Å². The van der Waals surface area contributed by atoms with Crippen LogP contribution in [0.5, 0.6) is 0 Å². The van der Waals surface area contributed by atoms with Crippen molar-refractivity contribution in [1.82, 2.24) is 19.1 Å². The van der Waals surface area contributed by atoms with E-state index < -0.39 is 10.0 Å². The van der Waals surface area contributed by atoms with E-state index in [-0.39, 0.29) is 6.04 Å². The molecule has 0 bridgehead atoms. The van der Waals surface area contributed by atoms with E-state index in [2.05, 4.69) is 14.8 Å². The van der Waals surface area contributed by atoms with Crippen LogP contribution in [0.4, 0.5) is 0 Å². The Labute approximate surface area is 150 Å². The van der Waals surface area contributed by atoms with Gasteiger partial charge in [-0.3, -0.25) is 0 Å². The summed E-state index contributed by atoms with van der Waals surface area (Å²) < 4.78 is 29.3. The molecule has 3 aromatic rings. The minimum Gasteiger partial charge on any atom is -0.310 e. The normalized spacial score (nSPS) is 17.0. The number of piperidine rings is 1. The van der Waals surface area contributed by atoms with Crippen molar-refractivity contribution in [2.24, 2.45) is 0 Å². The number of hydrogen-bond acceptors (Lipinski definition) is 5. The molecule has 0 aliphatic carbocycles. The quantitative estimate of drug-likeness (QED) is 0.704. The lowest BCUT2D eigenvalue weighted by atomic mass is 10.1. The molecule has 4 rings (SSSR count). The molecule has 1 fully saturated rings. The molecule has 8 heteroatoms. The van der Waals surface area contributed by atoms with Crippen LogP contribution in [0.1, 0.15) is 18.9 Å². The molecule has 0 spiro atoms. The Morgan fingerprint density at radius 3 is 2.48 bits per heavy atom. The molecule has 0 atom stereocenters. The SMILES string of the molecule is O=S(=O)(c1cccs1)N1CCC(n2cnnc2-c2ccccc2)CC1. The van der Waals surface area contributed by atoms with Crippen LogP contribution in [0, 0.1) is 0 Å². The van der Waals surface area contributed by atoms with Crippen LogP contribution in [-0.2, 0) is 10.0 Å². The monoisotopic (exact) mass is 374 g/mol. The first kappa shape index (κ1) is 16.4. The summed E-state index contributed by atoms with van der Waals surface area (Å²) in [5, 5.41) is 10.1. The van der Waals surface area contributed by atoms with E-state index in [1.54, 1.807) is 28.1 Å². The van der Waals surface area contributed by atoms with Crippen molar-refractivity contribution in [3.05, 3.63) is 54.2 Å². The Balaban J connectivity index is 1.51. The summed E-state index contributed by atoms with van der Waals surface area (Å²) in [6, 6.07) is 13.6. The Morgan fingerprint density at radius 1 is 1.04 bits per heavy atom. The molecule has 6 nitrogen and oxygen atoms in total. The van der Waals surface area contributed by atoms with E-state index in [1.165, 1.54) is 11.3 Å². The maximum absolute atomic E-state index is 12.6. The maximum atomic E-state index is 12.6. The van der Waals surface area contributed by atoms with Crippen LogP contribution < -0.4 is 0 Å². The number of sulfonamides is 1. The van der Waals surface area contributed by atoms with Gasteiger partial charge in [0.15, 0.2) is 5.82 Å². The molecular weight excluding hydrogens is 356 g/mol. The first-order chi connectivity index (χ1) is 12.2. The third-order valence-electron chi connectivity index (χ3n) is 4.51. The van der Waals surface area contributed by atoms with Gasteiger partial charge >= 0.3 is 0 Å². The van der Waals surface area contributed by atoms with E-state index >= 15 is 0 Å². The zero-order valence-corrected chi connectivity index (χ0v) is 15.2. The fraction of sp³-hybridized carbons (Fsp3) is 0.294. The number of hydrogen-bond donors (Lipinski definition) is 0. The Kier molecular flexibility index (Phi) is 4.41. The standard InChI is InChI=1S/C17H18N4O2S2/c22-25(23,16-7-4-12-24-16)20-10-8-15(9-11-20)21-13-18-19-17(21)14-5-2-1-3-6-14/h1-7,12-13,15H,8-11H2. The van der Waals surface area contributed by atoms with E-state index in [1.807, 2.05) is 30.3 Å². The van der Waals surface area contributed by atoms with E-state index in [0.717, 1.165) is 24.2 Å². The third kappa shape index (κ3) is 3.12. The van der Waals surface area contributed by atoms with Gasteiger partial charge in [-0.15, -0.1) is 21.5 Å². The molecular formula is C17H18N4O2S2. The maximum Gasteiger partial charge on any atom is 0.252 e. The predicted molar refractivity (Wildman–Crippen MR) is 96.8 cm³/mol. The smallest absolute Gasteiger partial charge is 0.252 e. The highest BCUT2D eigenvalue weighted by molar-refractivity contribution is 7.91. The van der Waals surface area contributed by atoms with Crippen molar-refractivity contribution < 1.29 is 8.42 Å². The van der Waals surface area contributed by atoms with Gasteiger partial charge in [-0.05, 0) is 24.3 Å². The fourth-order valence-electron chi connectivity index (χ4n) is 3.20. The van der Waals surface area contributed by atoms with Crippen LogP contribution in [0.2, 0.25) is 0 Å². The lowest BCUT2D eigenvalue weighted by Gasteiger charge is -2.31. The highest BCUT2D eigenvalue weighted by atomic mass is 32.2. The number of aromatic nitrogens is 3. The van der Waals surface area contributed by atoms with Crippen LogP contribution >= 0.6 is 11.3 Å². The first-order valence-corrected chi connectivity index (χ1v) is 10.5. The number of benzene rings is 1. The molecule has 0 saturated carbocycles. The average molecular weight is 374 g/mol. The van der Waals surface area contributed by atoms with Crippen LogP contribution in [-0.4, -0.2) is 40.6 Å². The van der Waals surface area contributed by atoms with Crippen molar-refractivity contribution in [2.45, 2.75) is 23.1 Å². The second kappa shape index (κ2) is 6.70. The van der Waals surface area contributed by atoms with Gasteiger partial charge in [0, 0.05) is 24.7 Å². The van der Waals surface area contributed by atoms with Crippen LogP contribution in [0.25, 0.3) is 11.4 Å². The van der Waals surface area contributed by atoms with E-state index in [9.17, 15) is 8.42 Å². The van der Waals surface area contributed by atoms with Gasteiger partial charge in [0.25, 0.3) is 10.0 Å². The lowest BCUT2D eigenvalue weighted by molar-refractivity contribution is 0.275. The minimum absolute atomic E-state index is 0.208. The largest absolute Gasteiger partial charge is 0.310 e. The lowest BCUT2D eigenvalue weighted by Crippen LogP contribution is -2.38. The van der Waals surface area contributed by atoms with Gasteiger partial charge < -0.3 is 4.57 Å². The Bertz CT molecular complexity index is 928. The number of rotatable bonds is 4. The van der Waals surface area contributed by atoms with Crippen molar-refractivity contribution >= 4 is 21.4 Å². The topological polar surface area (TPSA) is 68.1 Å². The number of thiophene rings is 1. The molecule has 0 unspecified atom stereocenters. The Hall–Kier alpha value is -2.03. The van der Waals surface area contributed by atoms with Gasteiger partial charge in [0.1, 0.15) is 10.5 Å². The van der Waals surface area contributed by atoms with Crippen molar-refractivity contribution in [3.8, 4) is 11.4 Å². The minimum atomic E-state index is -3.36. The van der Waals surface area contributed by atoms with E-state index in [0.29, 0.717) is 17.3 Å². The molecule has 1 saturated heterocycles. The molecule has 1 aliphatic rings. The van der Waals surface area contributed by atoms with E-state index in [4.69, 9.17) is 0 Å². The van der Waals surface area contributed by atoms with Crippen molar-refractivity contribution in [3.63, 3.8) is 0 Å². The highest BCUT2D eigenvalue weighted by Crippen LogP contribution is 2.30. The fourth-order valence-corrected chi connectivity index (χ4v) is 5.82. The van der Waals surface area contributed by atoms with Crippen LogP contribution in [0.3, 0.4) is 0 Å². The molecule has 0 amide bonds. The average Bonchev–Trinajstić information content (AvgIpc) is 3.35. The zero-order valence-electron chi connectivity index (χ0n) is 13.5. The summed E-state index contributed by atoms with van der Waals surface area (Å²) in [5.74, 6) is 0.833. The molecule has 2 aromatic heterocycles. The highest BCUT2D eigenvalue weighted by Gasteiger charge is 2.31. The second-order valence-corrected chi connectivity index (χ2v) is 9.11. The van der Waals surface area contributed by atoms with Gasteiger partial charge in [0.05, 0.1) is 0 Å². The summed E-state index contributed by atoms with van der Waals surface area (Å²) in [7, 11) is -3.36. The first-order valence-electron chi connectivity index (χ1n) is 8.15. The molecule has 0 radical (unpaired) electrons. The molecule has 0 N–H and O–H groups in total. The summed E-state index contributed by atoms with van der Waals surface area (Å²) in [5.41, 5.74) is 1.02. The van der Waals surface area contributed by atoms with Gasteiger partial charge in [0.2, 0.25) is 0 Å². The summed E-state index contributed by atoms with van der Waals surface area (Å²) in [6.45, 7) is 1.02. The molecule has 25 heavy (non-hydrogen) atoms. The molecule has 130 valence electrons. The van der Waals surface area contributed by atoms with Crippen molar-refractivity contribution in [2.75, 3.05) is 13.1 Å². The van der Waals surface area contributed by atoms with Crippen LogP contribution in [0.15, 0.2) is 58.4 Å². The summed E-state index contributed by atoms with van der Waals surface area (Å²) in [4.78, 5) is 0. The summed E-state index contributed by atoms with van der Waals surface area (Å²) in [6.07, 6.45) is 3.25. The van der Waals surface area contributed by atoms with Crippen molar-refractivity contribution in [1.29, 1.82) is 0 Å². The zero-order chi connectivity index (χ0) is 17.3. The molecule has 1 aromatic carbocycles. The molecule has 3 heterocycles. The number of nitrogens with zero attached hydrogens (tertiary/aromatic N) is 4. The van der Waals surface area contributed by atoms with Gasteiger partial charge in [-0.2, -0.15) is 4.31 Å². The molecule has 1 aliphatic heterocycles. The predicted octanol–water partition coefficient (Wildman–Crippen LogP) is 3.03. The summed E-state index contributed by atoms with van der Waals surface area (Å²) >= 11 is 1.27. The third-order valence-corrected chi connectivity index (χ3v) is 7.78. The van der Waals surface area contributed by atoms with Gasteiger partial charge in [-0.1, -0.05) is 36.4 Å².